The normalized spacial score (nSPS) is 15.6. The van der Waals surface area contributed by atoms with Gasteiger partial charge in [-0.2, -0.15) is 0 Å². The molecular weight excluding hydrogens is 240 g/mol. The van der Waals surface area contributed by atoms with Crippen molar-refractivity contribution in [3.05, 3.63) is 47.2 Å². The Balaban J connectivity index is 3.19. The number of hydrogen-bond acceptors (Lipinski definition) is 2. The van der Waals surface area contributed by atoms with Gasteiger partial charge in [0, 0.05) is 10.8 Å². The van der Waals surface area contributed by atoms with Gasteiger partial charge in [-0.3, -0.25) is 0 Å². The van der Waals surface area contributed by atoms with Crippen molar-refractivity contribution >= 4 is 21.6 Å². The molecule has 0 spiro atoms. The van der Waals surface area contributed by atoms with Crippen molar-refractivity contribution in [1.82, 2.24) is 0 Å². The average Bonchev–Trinajstić information content (AvgIpc) is 2.30. The standard InChI is InChI=1S/C12H14O2S2/c1-3-9-15(13)11-7-5-6-8-12(11)16(14)10-4-2/h3-10H,1-2H3. The van der Waals surface area contributed by atoms with Gasteiger partial charge in [0.1, 0.15) is 0 Å². The Hall–Kier alpha value is -1.00. The molecule has 0 aliphatic rings. The van der Waals surface area contributed by atoms with Crippen LogP contribution in [0.5, 0.6) is 0 Å². The summed E-state index contributed by atoms with van der Waals surface area (Å²) in [5.74, 6) is 0. The fourth-order valence-corrected chi connectivity index (χ4v) is 3.41. The van der Waals surface area contributed by atoms with Crippen LogP contribution in [0, 0.1) is 0 Å². The minimum Gasteiger partial charge on any atom is -0.250 e. The number of allylic oxidation sites excluding steroid dienone is 2. The van der Waals surface area contributed by atoms with E-state index >= 15 is 0 Å². The van der Waals surface area contributed by atoms with Crippen LogP contribution in [0.1, 0.15) is 13.8 Å². The van der Waals surface area contributed by atoms with Gasteiger partial charge in [-0.1, -0.05) is 24.3 Å². The molecule has 0 heterocycles. The number of rotatable bonds is 4. The predicted molar refractivity (Wildman–Crippen MR) is 68.9 cm³/mol. The summed E-state index contributed by atoms with van der Waals surface area (Å²) in [6.45, 7) is 3.62. The molecule has 1 aromatic rings. The predicted octanol–water partition coefficient (Wildman–Crippen LogP) is 2.97. The van der Waals surface area contributed by atoms with E-state index in [-0.39, 0.29) is 0 Å². The van der Waals surface area contributed by atoms with E-state index in [1.165, 1.54) is 0 Å². The second kappa shape index (κ2) is 6.55. The van der Waals surface area contributed by atoms with Gasteiger partial charge < -0.3 is 0 Å². The van der Waals surface area contributed by atoms with E-state index in [4.69, 9.17) is 0 Å². The molecule has 16 heavy (non-hydrogen) atoms. The topological polar surface area (TPSA) is 34.1 Å². The molecule has 1 rings (SSSR count). The zero-order chi connectivity index (χ0) is 12.0. The highest BCUT2D eigenvalue weighted by Crippen LogP contribution is 2.19. The van der Waals surface area contributed by atoms with Crippen LogP contribution in [0.2, 0.25) is 0 Å². The Kier molecular flexibility index (Phi) is 5.35. The molecule has 0 saturated heterocycles. The molecule has 0 N–H and O–H groups in total. The first-order valence-corrected chi connectivity index (χ1v) is 7.29. The summed E-state index contributed by atoms with van der Waals surface area (Å²) in [5.41, 5.74) is 0. The molecule has 86 valence electrons. The van der Waals surface area contributed by atoms with Gasteiger partial charge in [-0.15, -0.1) is 0 Å². The van der Waals surface area contributed by atoms with Crippen molar-refractivity contribution in [2.75, 3.05) is 0 Å². The lowest BCUT2D eigenvalue weighted by atomic mass is 10.4. The molecular formula is C12H14O2S2. The minimum atomic E-state index is -1.23. The largest absolute Gasteiger partial charge is 0.250 e. The van der Waals surface area contributed by atoms with Gasteiger partial charge in [0.2, 0.25) is 0 Å². The van der Waals surface area contributed by atoms with E-state index in [0.717, 1.165) is 0 Å². The fraction of sp³-hybridized carbons (Fsp3) is 0.167. The van der Waals surface area contributed by atoms with Gasteiger partial charge >= 0.3 is 0 Å². The van der Waals surface area contributed by atoms with Crippen LogP contribution in [0.25, 0.3) is 0 Å². The summed E-state index contributed by atoms with van der Waals surface area (Å²) in [6.07, 6.45) is 3.46. The summed E-state index contributed by atoms with van der Waals surface area (Å²) in [5, 5.41) is 3.18. The fourth-order valence-electron chi connectivity index (χ4n) is 1.18. The summed E-state index contributed by atoms with van der Waals surface area (Å²) < 4.78 is 23.7. The van der Waals surface area contributed by atoms with Crippen molar-refractivity contribution in [1.29, 1.82) is 0 Å². The van der Waals surface area contributed by atoms with Gasteiger partial charge in [0.15, 0.2) is 0 Å². The second-order valence-corrected chi connectivity index (χ2v) is 5.59. The first-order chi connectivity index (χ1) is 7.70. The highest BCUT2D eigenvalue weighted by atomic mass is 32.2. The van der Waals surface area contributed by atoms with Gasteiger partial charge in [0.25, 0.3) is 0 Å². The highest BCUT2D eigenvalue weighted by Gasteiger charge is 2.10. The quantitative estimate of drug-likeness (QED) is 0.828. The smallest absolute Gasteiger partial charge is 0.0785 e. The Morgan fingerprint density at radius 1 is 0.875 bits per heavy atom. The lowest BCUT2D eigenvalue weighted by Gasteiger charge is -2.03. The Labute approximate surface area is 101 Å². The molecule has 0 aliphatic carbocycles. The SMILES string of the molecule is CC=CS(=O)c1ccccc1S(=O)C=CC. The molecule has 0 saturated carbocycles. The first kappa shape index (κ1) is 13.1. The summed E-state index contributed by atoms with van der Waals surface area (Å²) >= 11 is 0. The molecule has 1 aromatic carbocycles. The Morgan fingerprint density at radius 2 is 1.25 bits per heavy atom. The van der Waals surface area contributed by atoms with E-state index in [1.807, 2.05) is 13.8 Å². The zero-order valence-electron chi connectivity index (χ0n) is 9.25. The first-order valence-electron chi connectivity index (χ1n) is 4.86. The van der Waals surface area contributed by atoms with Crippen LogP contribution in [0.3, 0.4) is 0 Å². The van der Waals surface area contributed by atoms with E-state index < -0.39 is 21.6 Å². The Morgan fingerprint density at radius 3 is 1.56 bits per heavy atom. The van der Waals surface area contributed by atoms with Crippen molar-refractivity contribution in [3.63, 3.8) is 0 Å². The lowest BCUT2D eigenvalue weighted by molar-refractivity contribution is 0.680. The van der Waals surface area contributed by atoms with Crippen molar-refractivity contribution in [2.45, 2.75) is 23.6 Å². The summed E-state index contributed by atoms with van der Waals surface area (Å²) in [7, 11) is -2.45. The molecule has 0 bridgehead atoms. The van der Waals surface area contributed by atoms with E-state index in [1.54, 1.807) is 47.2 Å². The van der Waals surface area contributed by atoms with Crippen molar-refractivity contribution in [2.24, 2.45) is 0 Å². The monoisotopic (exact) mass is 254 g/mol. The van der Waals surface area contributed by atoms with Crippen LogP contribution < -0.4 is 0 Å². The molecule has 2 unspecified atom stereocenters. The van der Waals surface area contributed by atoms with Crippen LogP contribution in [-0.2, 0) is 21.6 Å². The maximum Gasteiger partial charge on any atom is 0.0785 e. The third-order valence-corrected chi connectivity index (χ3v) is 4.55. The molecule has 0 aliphatic heterocycles. The Bertz CT molecular complexity index is 419. The number of hydrogen-bond donors (Lipinski definition) is 0. The molecule has 2 atom stereocenters. The van der Waals surface area contributed by atoms with Crippen LogP contribution >= 0.6 is 0 Å². The van der Waals surface area contributed by atoms with Gasteiger partial charge in [-0.05, 0) is 26.0 Å². The minimum absolute atomic E-state index is 0.608. The third kappa shape index (κ3) is 3.25. The van der Waals surface area contributed by atoms with Crippen molar-refractivity contribution in [3.8, 4) is 0 Å². The summed E-state index contributed by atoms with van der Waals surface area (Å²) in [4.78, 5) is 1.22. The average molecular weight is 254 g/mol. The van der Waals surface area contributed by atoms with Gasteiger partial charge in [-0.25, -0.2) is 8.42 Å². The third-order valence-electron chi connectivity index (χ3n) is 1.80. The van der Waals surface area contributed by atoms with Crippen molar-refractivity contribution < 1.29 is 8.42 Å². The molecule has 0 fully saturated rings. The van der Waals surface area contributed by atoms with Gasteiger partial charge in [0.05, 0.1) is 31.4 Å². The molecule has 0 aromatic heterocycles. The highest BCUT2D eigenvalue weighted by molar-refractivity contribution is 7.91. The van der Waals surface area contributed by atoms with Crippen LogP contribution in [0.4, 0.5) is 0 Å². The second-order valence-electron chi connectivity index (χ2n) is 2.98. The van der Waals surface area contributed by atoms with E-state index in [9.17, 15) is 8.42 Å². The molecule has 0 amide bonds. The van der Waals surface area contributed by atoms with E-state index in [2.05, 4.69) is 0 Å². The molecule has 0 radical (unpaired) electrons. The van der Waals surface area contributed by atoms with Crippen LogP contribution in [-0.4, -0.2) is 8.42 Å². The maximum absolute atomic E-state index is 11.8. The van der Waals surface area contributed by atoms with E-state index in [0.29, 0.717) is 9.79 Å². The molecule has 2 nitrogen and oxygen atoms in total. The summed E-state index contributed by atoms with van der Waals surface area (Å²) in [6, 6.07) is 7.08. The lowest BCUT2D eigenvalue weighted by Crippen LogP contribution is -1.96. The number of benzene rings is 1. The molecule has 4 heteroatoms. The zero-order valence-corrected chi connectivity index (χ0v) is 10.9. The van der Waals surface area contributed by atoms with Crippen LogP contribution in [0.15, 0.2) is 57.0 Å². The maximum atomic E-state index is 11.8.